The summed E-state index contributed by atoms with van der Waals surface area (Å²) in [5.41, 5.74) is 9.92. The van der Waals surface area contributed by atoms with Crippen LogP contribution in [0.3, 0.4) is 0 Å². The van der Waals surface area contributed by atoms with Crippen molar-refractivity contribution >= 4 is 91.5 Å². The Morgan fingerprint density at radius 2 is 1.58 bits per heavy atom. The van der Waals surface area contributed by atoms with E-state index in [-0.39, 0.29) is 18.4 Å². The highest BCUT2D eigenvalue weighted by Gasteiger charge is 2.20. The normalized spacial score (nSPS) is 11.9. The van der Waals surface area contributed by atoms with Gasteiger partial charge in [0.2, 0.25) is 23.7 Å². The number of benzene rings is 6. The number of hydrogen-bond acceptors (Lipinski definition) is 11. The fourth-order valence-electron chi connectivity index (χ4n) is 8.71. The van der Waals surface area contributed by atoms with E-state index >= 15 is 0 Å². The predicted octanol–water partition coefficient (Wildman–Crippen LogP) is 12.0. The van der Waals surface area contributed by atoms with Gasteiger partial charge in [-0.3, -0.25) is 9.59 Å². The molecule has 1 aliphatic carbocycles. The lowest BCUT2D eigenvalue weighted by atomic mass is 9.90. The number of nitrogens with zero attached hydrogens (tertiary/aromatic N) is 5. The molecule has 0 aliphatic heterocycles. The van der Waals surface area contributed by atoms with Gasteiger partial charge in [0.1, 0.15) is 17.4 Å². The third-order valence-corrected chi connectivity index (χ3v) is 12.3. The number of nitrogens with one attached hydrogen (secondary N) is 5. The Hall–Kier alpha value is -8.03. The van der Waals surface area contributed by atoms with Crippen LogP contribution in [0, 0.1) is 6.92 Å². The van der Waals surface area contributed by atoms with Crippen molar-refractivity contribution in [1.82, 2.24) is 19.9 Å². The van der Waals surface area contributed by atoms with E-state index in [1.54, 1.807) is 12.1 Å². The largest absolute Gasteiger partial charge is 0.493 e. The second-order valence-electron chi connectivity index (χ2n) is 16.9. The van der Waals surface area contributed by atoms with Gasteiger partial charge < -0.3 is 36.2 Å². The van der Waals surface area contributed by atoms with Crippen molar-refractivity contribution in [2.75, 3.05) is 57.7 Å². The van der Waals surface area contributed by atoms with E-state index in [1.165, 1.54) is 24.5 Å². The standard InChI is InChI=1S/C55H53ClN10O3/c1-4-30-66(40-18-6-5-7-19-40)53-45-26-25-38(32-49(45)62-54(65-53)57-29-14-31-69-41-20-13-17-39(33-41)59-36(3)67)42-27-28-46(56)51(35(42)2)63-50(68)34-58-55-61-48-23-11-10-22-44(48)52(64-55)60-47-24-12-16-37-15-8-9-21-43(37)47/h4-7,10-13,16-20,22-28,32-33H,1,8-9,14-15,21,29-31,34H2,2-3H3,(H,59,67)(H,63,68)(H,57,62,65)(H2,58,60,61,64). The van der Waals surface area contributed by atoms with Gasteiger partial charge in [0.25, 0.3) is 0 Å². The summed E-state index contributed by atoms with van der Waals surface area (Å²) < 4.78 is 5.99. The van der Waals surface area contributed by atoms with Crippen LogP contribution < -0.4 is 36.2 Å². The highest BCUT2D eigenvalue weighted by atomic mass is 35.5. The molecule has 0 saturated carbocycles. The van der Waals surface area contributed by atoms with Crippen molar-refractivity contribution in [3.8, 4) is 16.9 Å². The Morgan fingerprint density at radius 3 is 2.43 bits per heavy atom. The van der Waals surface area contributed by atoms with E-state index < -0.39 is 0 Å². The summed E-state index contributed by atoms with van der Waals surface area (Å²) in [6.07, 6.45) is 6.96. The molecule has 0 atom stereocenters. The minimum absolute atomic E-state index is 0.0928. The molecule has 2 heterocycles. The first kappa shape index (κ1) is 46.1. The molecule has 0 unspecified atom stereocenters. The Labute approximate surface area is 406 Å². The maximum absolute atomic E-state index is 13.7. The molecule has 0 fully saturated rings. The van der Waals surface area contributed by atoms with Crippen molar-refractivity contribution in [2.45, 2.75) is 46.0 Å². The first-order valence-electron chi connectivity index (χ1n) is 23.2. The number of para-hydroxylation sites is 2. The van der Waals surface area contributed by atoms with Crippen molar-refractivity contribution in [1.29, 1.82) is 0 Å². The number of anilines is 8. The van der Waals surface area contributed by atoms with Gasteiger partial charge in [-0.2, -0.15) is 9.97 Å². The van der Waals surface area contributed by atoms with Gasteiger partial charge in [-0.15, -0.1) is 6.58 Å². The number of ether oxygens (including phenoxy) is 1. The average molecular weight is 938 g/mol. The van der Waals surface area contributed by atoms with Gasteiger partial charge in [0.15, 0.2) is 0 Å². The molecule has 69 heavy (non-hydrogen) atoms. The van der Waals surface area contributed by atoms with Gasteiger partial charge in [-0.1, -0.05) is 78.3 Å². The molecular weight excluding hydrogens is 884 g/mol. The lowest BCUT2D eigenvalue weighted by Gasteiger charge is -2.24. The molecule has 0 radical (unpaired) electrons. The van der Waals surface area contributed by atoms with Crippen molar-refractivity contribution in [3.05, 3.63) is 162 Å². The molecule has 6 aromatic carbocycles. The van der Waals surface area contributed by atoms with Gasteiger partial charge in [0, 0.05) is 53.9 Å². The van der Waals surface area contributed by atoms with Crippen LogP contribution in [-0.2, 0) is 22.4 Å². The number of rotatable bonds is 18. The minimum Gasteiger partial charge on any atom is -0.493 e. The zero-order valence-electron chi connectivity index (χ0n) is 38.6. The molecule has 14 heteroatoms. The fourth-order valence-corrected chi connectivity index (χ4v) is 8.96. The summed E-state index contributed by atoms with van der Waals surface area (Å²) >= 11 is 6.82. The topological polar surface area (TPSA) is 158 Å². The number of carbonyl (C=O) groups excluding carboxylic acids is 2. The number of aromatic nitrogens is 4. The molecule has 0 spiro atoms. The smallest absolute Gasteiger partial charge is 0.243 e. The number of aryl methyl sites for hydroxylation is 1. The molecule has 0 bridgehead atoms. The van der Waals surface area contributed by atoms with Gasteiger partial charge in [0.05, 0.1) is 34.9 Å². The van der Waals surface area contributed by atoms with Crippen molar-refractivity contribution < 1.29 is 14.3 Å². The van der Waals surface area contributed by atoms with Crippen LogP contribution in [0.15, 0.2) is 140 Å². The summed E-state index contributed by atoms with van der Waals surface area (Å²) in [6, 6.07) is 41.5. The zero-order valence-corrected chi connectivity index (χ0v) is 39.4. The van der Waals surface area contributed by atoms with E-state index in [2.05, 4.69) is 56.3 Å². The maximum Gasteiger partial charge on any atom is 0.243 e. The number of carbonyl (C=O) groups is 2. The SMILES string of the molecule is C=CCN(c1ccccc1)c1nc(NCCCOc2cccc(NC(C)=O)c2)nc2cc(-c3ccc(Cl)c(NC(=O)CNc4nc(Nc5cccc6c5CCCC6)c5ccccc5n4)c3C)ccc12. The fraction of sp³-hybridized carbons (Fsp3) is 0.200. The summed E-state index contributed by atoms with van der Waals surface area (Å²) in [7, 11) is 0. The molecule has 9 rings (SSSR count). The van der Waals surface area contributed by atoms with E-state index in [4.69, 9.17) is 36.3 Å². The monoisotopic (exact) mass is 936 g/mol. The van der Waals surface area contributed by atoms with E-state index in [1.807, 2.05) is 110 Å². The van der Waals surface area contributed by atoms with E-state index in [0.29, 0.717) is 66.0 Å². The molecule has 8 aromatic rings. The van der Waals surface area contributed by atoms with E-state index in [9.17, 15) is 9.59 Å². The first-order valence-corrected chi connectivity index (χ1v) is 23.6. The predicted molar refractivity (Wildman–Crippen MR) is 281 cm³/mol. The van der Waals surface area contributed by atoms with Crippen LogP contribution in [0.4, 0.5) is 46.3 Å². The maximum atomic E-state index is 13.7. The van der Waals surface area contributed by atoms with Gasteiger partial charge in [-0.25, -0.2) is 9.97 Å². The van der Waals surface area contributed by atoms with Crippen LogP contribution in [-0.4, -0.2) is 58.0 Å². The van der Waals surface area contributed by atoms with Crippen molar-refractivity contribution in [2.24, 2.45) is 0 Å². The lowest BCUT2D eigenvalue weighted by Crippen LogP contribution is -2.23. The Kier molecular flexibility index (Phi) is 14.2. The van der Waals surface area contributed by atoms with Crippen molar-refractivity contribution in [3.63, 3.8) is 0 Å². The number of hydrogen-bond donors (Lipinski definition) is 5. The highest BCUT2D eigenvalue weighted by Crippen LogP contribution is 2.38. The summed E-state index contributed by atoms with van der Waals surface area (Å²) in [5.74, 6) is 2.39. The Morgan fingerprint density at radius 1 is 0.783 bits per heavy atom. The molecule has 2 amide bonds. The Balaban J connectivity index is 0.941. The number of fused-ring (bicyclic) bond motifs is 3. The third kappa shape index (κ3) is 10.9. The van der Waals surface area contributed by atoms with Crippen LogP contribution >= 0.6 is 11.6 Å². The second-order valence-corrected chi connectivity index (χ2v) is 17.3. The van der Waals surface area contributed by atoms with Crippen LogP contribution in [0.2, 0.25) is 5.02 Å². The van der Waals surface area contributed by atoms with Crippen LogP contribution in [0.1, 0.15) is 42.9 Å². The molecule has 348 valence electrons. The van der Waals surface area contributed by atoms with Crippen LogP contribution in [0.25, 0.3) is 32.9 Å². The molecule has 5 N–H and O–H groups in total. The van der Waals surface area contributed by atoms with E-state index in [0.717, 1.165) is 75.0 Å². The quantitative estimate of drug-likeness (QED) is 0.0412. The Bertz CT molecular complexity index is 3180. The second kappa shape index (κ2) is 21.3. The number of halogens is 1. The summed E-state index contributed by atoms with van der Waals surface area (Å²) in [5, 5.41) is 18.2. The summed E-state index contributed by atoms with van der Waals surface area (Å²) in [6.45, 7) is 8.85. The number of amides is 2. The summed E-state index contributed by atoms with van der Waals surface area (Å²) in [4.78, 5) is 47.0. The third-order valence-electron chi connectivity index (χ3n) is 12.0. The molecule has 2 aromatic heterocycles. The minimum atomic E-state index is -0.306. The van der Waals surface area contributed by atoms with Gasteiger partial charge >= 0.3 is 0 Å². The highest BCUT2D eigenvalue weighted by molar-refractivity contribution is 6.34. The van der Waals surface area contributed by atoms with Gasteiger partial charge in [-0.05, 0) is 128 Å². The lowest BCUT2D eigenvalue weighted by molar-refractivity contribution is -0.115. The first-order chi connectivity index (χ1) is 33.7. The zero-order chi connectivity index (χ0) is 47.7. The molecule has 13 nitrogen and oxygen atoms in total. The molecule has 0 saturated heterocycles. The molecule has 1 aliphatic rings. The average Bonchev–Trinajstić information content (AvgIpc) is 3.36. The van der Waals surface area contributed by atoms with Crippen LogP contribution in [0.5, 0.6) is 5.75 Å². The molecular formula is C55H53ClN10O3.